The van der Waals surface area contributed by atoms with Crippen molar-refractivity contribution in [2.75, 3.05) is 5.75 Å². The summed E-state index contributed by atoms with van der Waals surface area (Å²) in [6, 6.07) is 20.3. The first-order chi connectivity index (χ1) is 15.5. The molecule has 160 valence electrons. The topological polar surface area (TPSA) is 96.6 Å². The van der Waals surface area contributed by atoms with E-state index in [1.54, 1.807) is 60.7 Å². The van der Waals surface area contributed by atoms with E-state index in [-0.39, 0.29) is 23.0 Å². The highest BCUT2D eigenvalue weighted by Crippen LogP contribution is 2.22. The molecule has 0 fully saturated rings. The van der Waals surface area contributed by atoms with Crippen LogP contribution in [0.2, 0.25) is 5.02 Å². The fraction of sp³-hybridized carbons (Fsp3) is 0.0435. The van der Waals surface area contributed by atoms with Gasteiger partial charge in [-0.25, -0.2) is 10.4 Å². The van der Waals surface area contributed by atoms with Crippen molar-refractivity contribution in [3.8, 4) is 11.4 Å². The van der Waals surface area contributed by atoms with Crippen molar-refractivity contribution in [2.45, 2.75) is 5.16 Å². The zero-order chi connectivity index (χ0) is 22.5. The highest BCUT2D eigenvalue weighted by Gasteiger charge is 2.14. The largest absolute Gasteiger partial charge is 0.508 e. The molecule has 32 heavy (non-hydrogen) atoms. The van der Waals surface area contributed by atoms with Crippen LogP contribution < -0.4 is 11.0 Å². The minimum Gasteiger partial charge on any atom is -0.508 e. The summed E-state index contributed by atoms with van der Waals surface area (Å²) in [6.07, 6.45) is 1.47. The number of phenols is 1. The van der Waals surface area contributed by atoms with Gasteiger partial charge < -0.3 is 5.11 Å². The van der Waals surface area contributed by atoms with Crippen LogP contribution in [0.3, 0.4) is 0 Å². The molecule has 4 rings (SSSR count). The van der Waals surface area contributed by atoms with Crippen LogP contribution in [-0.2, 0) is 4.79 Å². The predicted molar refractivity (Wildman–Crippen MR) is 127 cm³/mol. The van der Waals surface area contributed by atoms with E-state index in [0.717, 1.165) is 17.3 Å². The van der Waals surface area contributed by atoms with Gasteiger partial charge in [0.25, 0.3) is 11.5 Å². The summed E-state index contributed by atoms with van der Waals surface area (Å²) in [6.45, 7) is 0. The van der Waals surface area contributed by atoms with Gasteiger partial charge in [-0.1, -0.05) is 35.5 Å². The Morgan fingerprint density at radius 1 is 1.09 bits per heavy atom. The maximum atomic E-state index is 13.2. The maximum Gasteiger partial charge on any atom is 0.266 e. The van der Waals surface area contributed by atoms with Crippen LogP contribution in [0.4, 0.5) is 0 Å². The molecule has 0 saturated carbocycles. The van der Waals surface area contributed by atoms with Gasteiger partial charge in [0.05, 0.1) is 28.6 Å². The number of amides is 1. The number of hydrogen-bond acceptors (Lipinski definition) is 6. The molecular formula is C23H17ClN4O3S. The zero-order valence-corrected chi connectivity index (χ0v) is 18.2. The number of aromatic hydroxyl groups is 1. The second-order valence-electron chi connectivity index (χ2n) is 6.70. The Hall–Kier alpha value is -3.62. The third kappa shape index (κ3) is 4.99. The van der Waals surface area contributed by atoms with Gasteiger partial charge in [0.2, 0.25) is 0 Å². The summed E-state index contributed by atoms with van der Waals surface area (Å²) in [5.74, 6) is -0.196. The van der Waals surface area contributed by atoms with Crippen molar-refractivity contribution in [2.24, 2.45) is 5.10 Å². The van der Waals surface area contributed by atoms with Gasteiger partial charge in [-0.05, 0) is 66.2 Å². The summed E-state index contributed by atoms with van der Waals surface area (Å²) in [4.78, 5) is 30.0. The molecule has 0 atom stereocenters. The van der Waals surface area contributed by atoms with Crippen LogP contribution in [0.25, 0.3) is 16.6 Å². The van der Waals surface area contributed by atoms with Crippen molar-refractivity contribution in [1.29, 1.82) is 0 Å². The fourth-order valence-corrected chi connectivity index (χ4v) is 3.86. The van der Waals surface area contributed by atoms with E-state index in [4.69, 9.17) is 11.6 Å². The Morgan fingerprint density at radius 2 is 1.81 bits per heavy atom. The smallest absolute Gasteiger partial charge is 0.266 e. The lowest BCUT2D eigenvalue weighted by Gasteiger charge is -2.13. The number of carbonyl (C=O) groups is 1. The summed E-state index contributed by atoms with van der Waals surface area (Å²) in [7, 11) is 0. The number of nitrogens with zero attached hydrogens (tertiary/aromatic N) is 3. The van der Waals surface area contributed by atoms with E-state index in [0.29, 0.717) is 26.8 Å². The standard InChI is InChI=1S/C23H17ClN4O3S/c24-16-7-9-17(10-8-16)28-22(31)19-3-1-2-4-20(19)26-23(28)32-14-21(30)27-25-13-15-5-11-18(29)12-6-15/h1-13,29H,14H2,(H,27,30). The molecule has 0 aliphatic carbocycles. The highest BCUT2D eigenvalue weighted by molar-refractivity contribution is 7.99. The van der Waals surface area contributed by atoms with Crippen LogP contribution in [0, 0.1) is 0 Å². The average molecular weight is 465 g/mol. The van der Waals surface area contributed by atoms with Gasteiger partial charge >= 0.3 is 0 Å². The third-order valence-electron chi connectivity index (χ3n) is 4.46. The molecule has 0 unspecified atom stereocenters. The first-order valence-electron chi connectivity index (χ1n) is 9.53. The zero-order valence-electron chi connectivity index (χ0n) is 16.6. The average Bonchev–Trinajstić information content (AvgIpc) is 2.80. The molecule has 0 aliphatic rings. The van der Waals surface area contributed by atoms with Crippen molar-refractivity contribution >= 4 is 46.4 Å². The number of halogens is 1. The molecule has 1 heterocycles. The number of rotatable bonds is 6. The van der Waals surface area contributed by atoms with E-state index >= 15 is 0 Å². The van der Waals surface area contributed by atoms with E-state index in [9.17, 15) is 14.7 Å². The molecule has 0 spiro atoms. The van der Waals surface area contributed by atoms with Crippen molar-refractivity contribution in [1.82, 2.24) is 15.0 Å². The van der Waals surface area contributed by atoms with Gasteiger partial charge in [-0.2, -0.15) is 5.10 Å². The number of hydrazone groups is 1. The number of aromatic nitrogens is 2. The number of hydrogen-bond donors (Lipinski definition) is 2. The van der Waals surface area contributed by atoms with Crippen LogP contribution in [-0.4, -0.2) is 32.5 Å². The highest BCUT2D eigenvalue weighted by atomic mass is 35.5. The van der Waals surface area contributed by atoms with Crippen molar-refractivity contribution < 1.29 is 9.90 Å². The molecule has 9 heteroatoms. The second-order valence-corrected chi connectivity index (χ2v) is 8.08. The lowest BCUT2D eigenvalue weighted by Crippen LogP contribution is -2.24. The summed E-state index contributed by atoms with van der Waals surface area (Å²) < 4.78 is 1.47. The molecular weight excluding hydrogens is 448 g/mol. The minimum absolute atomic E-state index is 0.00525. The predicted octanol–water partition coefficient (Wildman–Crippen LogP) is 3.99. The summed E-state index contributed by atoms with van der Waals surface area (Å²) in [5.41, 5.74) is 4.10. The molecule has 1 aromatic heterocycles. The number of phenolic OH excluding ortho intramolecular Hbond substituents is 1. The van der Waals surface area contributed by atoms with Crippen molar-refractivity contribution in [3.63, 3.8) is 0 Å². The van der Waals surface area contributed by atoms with Gasteiger partial charge in [-0.3, -0.25) is 14.2 Å². The molecule has 3 aromatic carbocycles. The van der Waals surface area contributed by atoms with Crippen LogP contribution >= 0.6 is 23.4 Å². The number of para-hydroxylation sites is 1. The van der Waals surface area contributed by atoms with Crippen molar-refractivity contribution in [3.05, 3.63) is 93.7 Å². The third-order valence-corrected chi connectivity index (χ3v) is 5.65. The van der Waals surface area contributed by atoms with Gasteiger partial charge in [-0.15, -0.1) is 0 Å². The van der Waals surface area contributed by atoms with E-state index < -0.39 is 0 Å². The quantitative estimate of drug-likeness (QED) is 0.195. The molecule has 4 aromatic rings. The SMILES string of the molecule is O=C(CSc1nc2ccccc2c(=O)n1-c1ccc(Cl)cc1)NN=Cc1ccc(O)cc1. The number of thioether (sulfide) groups is 1. The molecule has 1 amide bonds. The molecule has 7 nitrogen and oxygen atoms in total. The van der Waals surface area contributed by atoms with Gasteiger partial charge in [0.15, 0.2) is 5.16 Å². The number of carbonyl (C=O) groups excluding carboxylic acids is 1. The Morgan fingerprint density at radius 3 is 2.56 bits per heavy atom. The lowest BCUT2D eigenvalue weighted by molar-refractivity contribution is -0.118. The van der Waals surface area contributed by atoms with E-state index in [1.165, 1.54) is 22.9 Å². The van der Waals surface area contributed by atoms with Crippen LogP contribution in [0.1, 0.15) is 5.56 Å². The molecule has 0 bridgehead atoms. The Kier molecular flexibility index (Phi) is 6.53. The molecule has 0 radical (unpaired) electrons. The molecule has 0 aliphatic heterocycles. The monoisotopic (exact) mass is 464 g/mol. The number of benzene rings is 3. The minimum atomic E-state index is -0.352. The van der Waals surface area contributed by atoms with Crippen LogP contribution in [0.5, 0.6) is 5.75 Å². The van der Waals surface area contributed by atoms with Gasteiger partial charge in [0.1, 0.15) is 5.75 Å². The molecule has 0 saturated heterocycles. The number of nitrogens with one attached hydrogen (secondary N) is 1. The Bertz CT molecular complexity index is 1350. The summed E-state index contributed by atoms with van der Waals surface area (Å²) in [5, 5.41) is 14.6. The van der Waals surface area contributed by atoms with Gasteiger partial charge in [0, 0.05) is 5.02 Å². The Labute approximate surface area is 192 Å². The second kappa shape index (κ2) is 9.67. The normalized spacial score (nSPS) is 11.2. The first kappa shape index (κ1) is 21.6. The first-order valence-corrected chi connectivity index (χ1v) is 10.9. The Balaban J connectivity index is 1.56. The van der Waals surface area contributed by atoms with E-state index in [2.05, 4.69) is 15.5 Å². The molecule has 2 N–H and O–H groups in total. The van der Waals surface area contributed by atoms with E-state index in [1.807, 2.05) is 0 Å². The fourth-order valence-electron chi connectivity index (χ4n) is 2.93. The maximum absolute atomic E-state index is 13.2. The lowest BCUT2D eigenvalue weighted by atomic mass is 10.2. The number of fused-ring (bicyclic) bond motifs is 1. The summed E-state index contributed by atoms with van der Waals surface area (Å²) >= 11 is 7.12. The van der Waals surface area contributed by atoms with Crippen LogP contribution in [0.15, 0.2) is 87.8 Å².